The molecule has 1 fully saturated rings. The van der Waals surface area contributed by atoms with Gasteiger partial charge in [0, 0.05) is 40.2 Å². The highest BCUT2D eigenvalue weighted by molar-refractivity contribution is 7.14. The number of hydrogen-bond donors (Lipinski definition) is 1. The highest BCUT2D eigenvalue weighted by atomic mass is 32.1. The number of benzene rings is 1. The molecule has 4 rings (SSSR count). The molecule has 1 N–H and O–H groups in total. The number of rotatable bonds is 7. The van der Waals surface area contributed by atoms with E-state index in [0.717, 1.165) is 22.3 Å². The van der Waals surface area contributed by atoms with E-state index in [9.17, 15) is 18.0 Å². The second kappa shape index (κ2) is 10.7. The van der Waals surface area contributed by atoms with Crippen LogP contribution in [0.3, 0.4) is 0 Å². The number of carbonyl (C=O) groups excluding carboxylic acids is 1. The summed E-state index contributed by atoms with van der Waals surface area (Å²) in [6.07, 6.45) is -1.00. The molecule has 0 bridgehead atoms. The second-order valence-electron chi connectivity index (χ2n) is 7.93. The Labute approximate surface area is 203 Å². The van der Waals surface area contributed by atoms with Crippen LogP contribution in [0.1, 0.15) is 39.6 Å². The standard InChI is InChI=1S/C23H23F3N4O4S/c1-13-8-27-21(35-13)16-5-15(6-18(7-16)34-12-19-11-32-3-4-33-19)20(31)30-14(2)17-9-28-22(29-10-17)23(24,25)26/h5-10,14,19H,3-4,11-12H2,1-2H3,(H,30,31)/t14?,19-/m0/s1. The van der Waals surface area contributed by atoms with Crippen LogP contribution in [-0.4, -0.2) is 53.4 Å². The van der Waals surface area contributed by atoms with Gasteiger partial charge in [-0.15, -0.1) is 11.3 Å². The summed E-state index contributed by atoms with van der Waals surface area (Å²) in [5, 5.41) is 3.50. The topological polar surface area (TPSA) is 95.5 Å². The van der Waals surface area contributed by atoms with E-state index in [-0.39, 0.29) is 12.7 Å². The van der Waals surface area contributed by atoms with Crippen LogP contribution in [0.15, 0.2) is 36.8 Å². The van der Waals surface area contributed by atoms with Crippen LogP contribution in [-0.2, 0) is 15.7 Å². The lowest BCUT2D eigenvalue weighted by Crippen LogP contribution is -2.33. The predicted octanol–water partition coefficient (Wildman–Crippen LogP) is 4.21. The lowest BCUT2D eigenvalue weighted by Gasteiger charge is -2.23. The van der Waals surface area contributed by atoms with E-state index in [1.165, 1.54) is 11.3 Å². The summed E-state index contributed by atoms with van der Waals surface area (Å²) in [5.74, 6) is -1.21. The average molecular weight is 509 g/mol. The monoisotopic (exact) mass is 508 g/mol. The Morgan fingerprint density at radius 2 is 1.97 bits per heavy atom. The first-order chi connectivity index (χ1) is 16.7. The molecule has 0 saturated carbocycles. The van der Waals surface area contributed by atoms with Crippen molar-refractivity contribution in [1.82, 2.24) is 20.3 Å². The van der Waals surface area contributed by atoms with Crippen LogP contribution in [0.25, 0.3) is 10.6 Å². The lowest BCUT2D eigenvalue weighted by molar-refractivity contribution is -0.145. The van der Waals surface area contributed by atoms with Crippen LogP contribution in [0.5, 0.6) is 5.75 Å². The van der Waals surface area contributed by atoms with Gasteiger partial charge in [-0.1, -0.05) is 0 Å². The fourth-order valence-electron chi connectivity index (χ4n) is 3.32. The molecule has 35 heavy (non-hydrogen) atoms. The van der Waals surface area contributed by atoms with Crippen molar-refractivity contribution in [2.75, 3.05) is 26.4 Å². The van der Waals surface area contributed by atoms with Gasteiger partial charge in [0.25, 0.3) is 5.91 Å². The summed E-state index contributed by atoms with van der Waals surface area (Å²) in [7, 11) is 0. The van der Waals surface area contributed by atoms with Crippen molar-refractivity contribution >= 4 is 17.2 Å². The van der Waals surface area contributed by atoms with Gasteiger partial charge in [0.2, 0.25) is 5.82 Å². The first kappa shape index (κ1) is 25.0. The maximum absolute atomic E-state index is 13.1. The summed E-state index contributed by atoms with van der Waals surface area (Å²) in [6.45, 7) is 5.28. The first-order valence-electron chi connectivity index (χ1n) is 10.8. The zero-order valence-corrected chi connectivity index (χ0v) is 19.8. The third-order valence-electron chi connectivity index (χ3n) is 5.13. The zero-order chi connectivity index (χ0) is 25.0. The molecule has 0 radical (unpaired) electrons. The molecule has 2 aromatic heterocycles. The fraction of sp³-hybridized carbons (Fsp3) is 0.391. The molecule has 3 heterocycles. The van der Waals surface area contributed by atoms with E-state index in [4.69, 9.17) is 14.2 Å². The number of nitrogens with one attached hydrogen (secondary N) is 1. The minimum atomic E-state index is -4.63. The molecule has 1 aromatic carbocycles. The number of halogens is 3. The Morgan fingerprint density at radius 3 is 2.60 bits per heavy atom. The minimum Gasteiger partial charge on any atom is -0.491 e. The van der Waals surface area contributed by atoms with Crippen molar-refractivity contribution in [2.45, 2.75) is 32.2 Å². The van der Waals surface area contributed by atoms with Gasteiger partial charge in [0.05, 0.1) is 25.9 Å². The summed E-state index contributed by atoms with van der Waals surface area (Å²) >= 11 is 1.48. The number of alkyl halides is 3. The molecule has 3 aromatic rings. The lowest BCUT2D eigenvalue weighted by atomic mass is 10.1. The Kier molecular flexibility index (Phi) is 7.63. The highest BCUT2D eigenvalue weighted by Crippen LogP contribution is 2.30. The zero-order valence-electron chi connectivity index (χ0n) is 19.0. The smallest absolute Gasteiger partial charge is 0.451 e. The molecule has 1 aliphatic rings. The summed E-state index contributed by atoms with van der Waals surface area (Å²) in [5.41, 5.74) is 1.35. The predicted molar refractivity (Wildman–Crippen MR) is 121 cm³/mol. The quantitative estimate of drug-likeness (QED) is 0.511. The van der Waals surface area contributed by atoms with Crippen LogP contribution < -0.4 is 10.1 Å². The maximum atomic E-state index is 13.1. The molecule has 1 amide bonds. The van der Waals surface area contributed by atoms with Gasteiger partial charge < -0.3 is 19.5 Å². The fourth-order valence-corrected chi connectivity index (χ4v) is 4.07. The number of thiazole rings is 1. The minimum absolute atomic E-state index is 0.216. The Bertz CT molecular complexity index is 1160. The Hall–Kier alpha value is -3.09. The van der Waals surface area contributed by atoms with E-state index in [0.29, 0.717) is 42.3 Å². The number of aromatic nitrogens is 3. The molecule has 186 valence electrons. The van der Waals surface area contributed by atoms with E-state index in [2.05, 4.69) is 20.3 Å². The van der Waals surface area contributed by atoms with Crippen LogP contribution >= 0.6 is 11.3 Å². The molecule has 1 aliphatic heterocycles. The van der Waals surface area contributed by atoms with Gasteiger partial charge in [-0.3, -0.25) is 4.79 Å². The molecule has 2 atom stereocenters. The normalized spacial score (nSPS) is 17.1. The van der Waals surface area contributed by atoms with Gasteiger partial charge in [0.15, 0.2) is 0 Å². The number of carbonyl (C=O) groups is 1. The van der Waals surface area contributed by atoms with Gasteiger partial charge >= 0.3 is 6.18 Å². The van der Waals surface area contributed by atoms with Crippen LogP contribution in [0.4, 0.5) is 13.2 Å². The number of ether oxygens (including phenoxy) is 3. The number of aryl methyl sites for hydroxylation is 1. The molecule has 0 aliphatic carbocycles. The van der Waals surface area contributed by atoms with E-state index in [1.807, 2.05) is 6.92 Å². The number of hydrogen-bond acceptors (Lipinski definition) is 8. The molecule has 0 spiro atoms. The van der Waals surface area contributed by atoms with E-state index in [1.54, 1.807) is 31.3 Å². The SMILES string of the molecule is Cc1cnc(-c2cc(OC[C@@H]3COCCO3)cc(C(=O)NC(C)c3cnc(C(F)(F)F)nc3)c2)s1. The highest BCUT2D eigenvalue weighted by Gasteiger charge is 2.34. The Balaban J connectivity index is 1.52. The van der Waals surface area contributed by atoms with Gasteiger partial charge in [-0.05, 0) is 32.0 Å². The van der Waals surface area contributed by atoms with Gasteiger partial charge in [0.1, 0.15) is 23.5 Å². The van der Waals surface area contributed by atoms with Gasteiger partial charge in [-0.25, -0.2) is 15.0 Å². The number of nitrogens with zero attached hydrogens (tertiary/aromatic N) is 3. The van der Waals surface area contributed by atoms with Crippen molar-refractivity contribution < 1.29 is 32.2 Å². The molecule has 12 heteroatoms. The maximum Gasteiger partial charge on any atom is 0.451 e. The largest absolute Gasteiger partial charge is 0.491 e. The van der Waals surface area contributed by atoms with Crippen molar-refractivity contribution in [3.8, 4) is 16.3 Å². The van der Waals surface area contributed by atoms with Crippen molar-refractivity contribution in [1.29, 1.82) is 0 Å². The molecular formula is C23H23F3N4O4S. The molecule has 8 nitrogen and oxygen atoms in total. The van der Waals surface area contributed by atoms with Crippen molar-refractivity contribution in [3.05, 3.63) is 58.6 Å². The third kappa shape index (κ3) is 6.53. The summed E-state index contributed by atoms with van der Waals surface area (Å²) < 4.78 is 55.1. The van der Waals surface area contributed by atoms with Crippen LogP contribution in [0, 0.1) is 6.92 Å². The van der Waals surface area contributed by atoms with Crippen molar-refractivity contribution in [2.24, 2.45) is 0 Å². The van der Waals surface area contributed by atoms with Crippen molar-refractivity contribution in [3.63, 3.8) is 0 Å². The molecular weight excluding hydrogens is 485 g/mol. The van der Waals surface area contributed by atoms with E-state index >= 15 is 0 Å². The Morgan fingerprint density at radius 1 is 1.20 bits per heavy atom. The number of amides is 1. The van der Waals surface area contributed by atoms with E-state index < -0.39 is 23.9 Å². The van der Waals surface area contributed by atoms with Gasteiger partial charge in [-0.2, -0.15) is 13.2 Å². The molecule has 1 saturated heterocycles. The van der Waals surface area contributed by atoms with Crippen LogP contribution in [0.2, 0.25) is 0 Å². The first-order valence-corrected chi connectivity index (χ1v) is 11.6. The average Bonchev–Trinajstić information content (AvgIpc) is 3.29. The second-order valence-corrected chi connectivity index (χ2v) is 9.17. The third-order valence-corrected chi connectivity index (χ3v) is 6.09. The summed E-state index contributed by atoms with van der Waals surface area (Å²) in [6, 6.07) is 4.45. The summed E-state index contributed by atoms with van der Waals surface area (Å²) in [4.78, 5) is 25.2. The molecule has 1 unspecified atom stereocenters.